The molecule has 0 aliphatic carbocycles. The Bertz CT molecular complexity index is 456. The lowest BCUT2D eigenvalue weighted by Gasteiger charge is -2.06. The molecule has 0 amide bonds. The minimum atomic E-state index is 0.827. The molecule has 0 saturated carbocycles. The lowest BCUT2D eigenvalue weighted by Crippen LogP contribution is -2.00. The molecule has 16 heavy (non-hydrogen) atoms. The van der Waals surface area contributed by atoms with Crippen LogP contribution < -0.4 is 5.73 Å². The van der Waals surface area contributed by atoms with Crippen molar-refractivity contribution in [2.24, 2.45) is 0 Å². The normalized spacial score (nSPS) is 10.6. The van der Waals surface area contributed by atoms with Gasteiger partial charge in [0.05, 0.1) is 6.54 Å². The van der Waals surface area contributed by atoms with Crippen molar-refractivity contribution >= 4 is 33.4 Å². The van der Waals surface area contributed by atoms with E-state index in [1.807, 2.05) is 35.1 Å². The van der Waals surface area contributed by atoms with Crippen LogP contribution in [0.1, 0.15) is 0 Å². The zero-order valence-electron chi connectivity index (χ0n) is 8.64. The Morgan fingerprint density at radius 2 is 2.31 bits per heavy atom. The Balaban J connectivity index is 1.92. The summed E-state index contributed by atoms with van der Waals surface area (Å²) >= 11 is 5.18. The van der Waals surface area contributed by atoms with Crippen molar-refractivity contribution in [3.8, 4) is 0 Å². The van der Waals surface area contributed by atoms with Gasteiger partial charge in [0.2, 0.25) is 0 Å². The predicted octanol–water partition coefficient (Wildman–Crippen LogP) is 3.02. The van der Waals surface area contributed by atoms with Gasteiger partial charge in [-0.25, -0.2) is 0 Å². The molecule has 84 valence electrons. The van der Waals surface area contributed by atoms with Crippen LogP contribution in [-0.2, 0) is 6.54 Å². The average Bonchev–Trinajstić information content (AvgIpc) is 2.76. The van der Waals surface area contributed by atoms with Crippen molar-refractivity contribution in [3.05, 3.63) is 41.1 Å². The van der Waals surface area contributed by atoms with E-state index in [-0.39, 0.29) is 0 Å². The number of nitrogen functional groups attached to an aromatic ring is 1. The summed E-state index contributed by atoms with van der Waals surface area (Å²) in [6, 6.07) is 7.84. The van der Waals surface area contributed by atoms with Gasteiger partial charge >= 0.3 is 0 Å². The van der Waals surface area contributed by atoms with Gasteiger partial charge < -0.3 is 5.73 Å². The third-order valence-electron chi connectivity index (χ3n) is 2.11. The van der Waals surface area contributed by atoms with Gasteiger partial charge in [0, 0.05) is 33.2 Å². The number of thioether (sulfide) groups is 1. The van der Waals surface area contributed by atoms with Crippen LogP contribution >= 0.6 is 27.7 Å². The summed E-state index contributed by atoms with van der Waals surface area (Å²) in [4.78, 5) is 1.11. The SMILES string of the molecule is Nc1ccc(Br)cc1SCCn1cccn1. The van der Waals surface area contributed by atoms with E-state index >= 15 is 0 Å². The quantitative estimate of drug-likeness (QED) is 0.697. The number of nitrogens with zero attached hydrogens (tertiary/aromatic N) is 2. The Hall–Kier alpha value is -0.940. The van der Waals surface area contributed by atoms with Gasteiger partial charge in [0.15, 0.2) is 0 Å². The largest absolute Gasteiger partial charge is 0.398 e. The first kappa shape index (κ1) is 11.5. The number of hydrogen-bond acceptors (Lipinski definition) is 3. The minimum absolute atomic E-state index is 0.827. The van der Waals surface area contributed by atoms with Crippen molar-refractivity contribution < 1.29 is 0 Å². The summed E-state index contributed by atoms with van der Waals surface area (Å²) in [6.45, 7) is 0.892. The maximum absolute atomic E-state index is 5.88. The second kappa shape index (κ2) is 5.41. The number of halogens is 1. The zero-order valence-corrected chi connectivity index (χ0v) is 11.0. The van der Waals surface area contributed by atoms with E-state index in [1.165, 1.54) is 0 Å². The molecule has 0 atom stereocenters. The van der Waals surface area contributed by atoms with Crippen LogP contribution in [0.2, 0.25) is 0 Å². The molecule has 0 spiro atoms. The summed E-state index contributed by atoms with van der Waals surface area (Å²) in [6.07, 6.45) is 3.75. The van der Waals surface area contributed by atoms with Crippen molar-refractivity contribution in [2.75, 3.05) is 11.5 Å². The molecule has 0 aliphatic rings. The highest BCUT2D eigenvalue weighted by atomic mass is 79.9. The number of aromatic nitrogens is 2. The Kier molecular flexibility index (Phi) is 3.90. The van der Waals surface area contributed by atoms with Crippen molar-refractivity contribution in [2.45, 2.75) is 11.4 Å². The van der Waals surface area contributed by atoms with Gasteiger partial charge in [0.25, 0.3) is 0 Å². The highest BCUT2D eigenvalue weighted by molar-refractivity contribution is 9.10. The molecule has 5 heteroatoms. The summed E-state index contributed by atoms with van der Waals surface area (Å²) < 4.78 is 2.98. The third-order valence-corrected chi connectivity index (χ3v) is 3.66. The van der Waals surface area contributed by atoms with E-state index in [0.717, 1.165) is 27.4 Å². The molecule has 1 aromatic heterocycles. The first-order chi connectivity index (χ1) is 7.75. The molecular weight excluding hydrogens is 286 g/mol. The molecule has 0 unspecified atom stereocenters. The van der Waals surface area contributed by atoms with E-state index in [2.05, 4.69) is 21.0 Å². The van der Waals surface area contributed by atoms with Gasteiger partial charge in [-0.1, -0.05) is 15.9 Å². The summed E-state index contributed by atoms with van der Waals surface area (Å²) in [5, 5.41) is 4.15. The fraction of sp³-hybridized carbons (Fsp3) is 0.182. The molecule has 0 saturated heterocycles. The molecule has 2 rings (SSSR count). The standard InChI is InChI=1S/C11H12BrN3S/c12-9-2-3-10(13)11(8-9)16-7-6-15-5-1-4-14-15/h1-5,8H,6-7,13H2. The number of benzene rings is 1. The number of anilines is 1. The number of rotatable bonds is 4. The van der Waals surface area contributed by atoms with Gasteiger partial charge in [-0.05, 0) is 24.3 Å². The lowest BCUT2D eigenvalue weighted by molar-refractivity contribution is 0.666. The molecule has 2 aromatic rings. The van der Waals surface area contributed by atoms with E-state index < -0.39 is 0 Å². The van der Waals surface area contributed by atoms with Crippen LogP contribution in [-0.4, -0.2) is 15.5 Å². The Labute approximate surface area is 107 Å². The molecule has 0 fully saturated rings. The van der Waals surface area contributed by atoms with E-state index in [9.17, 15) is 0 Å². The van der Waals surface area contributed by atoms with Crippen molar-refractivity contribution in [3.63, 3.8) is 0 Å². The number of aryl methyl sites for hydroxylation is 1. The Morgan fingerprint density at radius 3 is 3.06 bits per heavy atom. The molecule has 2 N–H and O–H groups in total. The second-order valence-electron chi connectivity index (χ2n) is 3.30. The minimum Gasteiger partial charge on any atom is -0.398 e. The van der Waals surface area contributed by atoms with Gasteiger partial charge in [-0.15, -0.1) is 11.8 Å². The van der Waals surface area contributed by atoms with Crippen molar-refractivity contribution in [1.29, 1.82) is 0 Å². The highest BCUT2D eigenvalue weighted by Gasteiger charge is 2.01. The van der Waals surface area contributed by atoms with Crippen LogP contribution in [0, 0.1) is 0 Å². The number of nitrogens with two attached hydrogens (primary N) is 1. The van der Waals surface area contributed by atoms with E-state index in [0.29, 0.717) is 0 Å². The van der Waals surface area contributed by atoms with Gasteiger partial charge in [-0.2, -0.15) is 5.10 Å². The van der Waals surface area contributed by atoms with Gasteiger partial charge in [0.1, 0.15) is 0 Å². The van der Waals surface area contributed by atoms with Crippen LogP contribution in [0.15, 0.2) is 46.0 Å². The molecule has 1 heterocycles. The monoisotopic (exact) mass is 297 g/mol. The van der Waals surface area contributed by atoms with E-state index in [4.69, 9.17) is 5.73 Å². The maximum Gasteiger partial charge on any atom is 0.0503 e. The third kappa shape index (κ3) is 3.02. The average molecular weight is 298 g/mol. The first-order valence-electron chi connectivity index (χ1n) is 4.91. The highest BCUT2D eigenvalue weighted by Crippen LogP contribution is 2.28. The van der Waals surface area contributed by atoms with Crippen LogP contribution in [0.5, 0.6) is 0 Å². The van der Waals surface area contributed by atoms with Crippen molar-refractivity contribution in [1.82, 2.24) is 9.78 Å². The lowest BCUT2D eigenvalue weighted by atomic mass is 10.3. The summed E-state index contributed by atoms with van der Waals surface area (Å²) in [5.41, 5.74) is 6.71. The van der Waals surface area contributed by atoms with Crippen LogP contribution in [0.4, 0.5) is 5.69 Å². The molecule has 1 aromatic carbocycles. The van der Waals surface area contributed by atoms with Gasteiger partial charge in [-0.3, -0.25) is 4.68 Å². The predicted molar refractivity (Wildman–Crippen MR) is 71.5 cm³/mol. The fourth-order valence-electron chi connectivity index (χ4n) is 1.32. The molecule has 0 radical (unpaired) electrons. The van der Waals surface area contributed by atoms with E-state index in [1.54, 1.807) is 18.0 Å². The molecule has 3 nitrogen and oxygen atoms in total. The smallest absolute Gasteiger partial charge is 0.0503 e. The fourth-order valence-corrected chi connectivity index (χ4v) is 2.77. The summed E-state index contributed by atoms with van der Waals surface area (Å²) in [7, 11) is 0. The topological polar surface area (TPSA) is 43.8 Å². The van der Waals surface area contributed by atoms with Crippen LogP contribution in [0.25, 0.3) is 0 Å². The molecule has 0 aliphatic heterocycles. The number of hydrogen-bond donors (Lipinski definition) is 1. The molecule has 0 bridgehead atoms. The zero-order chi connectivity index (χ0) is 11.4. The Morgan fingerprint density at radius 1 is 1.44 bits per heavy atom. The first-order valence-corrected chi connectivity index (χ1v) is 6.69. The summed E-state index contributed by atoms with van der Waals surface area (Å²) in [5.74, 6) is 0.961. The second-order valence-corrected chi connectivity index (χ2v) is 5.35. The maximum atomic E-state index is 5.88. The molecular formula is C11H12BrN3S. The van der Waals surface area contributed by atoms with Crippen LogP contribution in [0.3, 0.4) is 0 Å².